The van der Waals surface area contributed by atoms with Crippen LogP contribution in [0.25, 0.3) is 0 Å². The maximum atomic E-state index is 8.36. The van der Waals surface area contributed by atoms with Gasteiger partial charge in [-0.25, -0.2) is 0 Å². The lowest BCUT2D eigenvalue weighted by Gasteiger charge is -1.69. The second-order valence-electron chi connectivity index (χ2n) is 0.931. The third-order valence-corrected chi connectivity index (χ3v) is 0. The summed E-state index contributed by atoms with van der Waals surface area (Å²) in [5.41, 5.74) is 8.94. The Morgan fingerprint density at radius 1 is 1.17 bits per heavy atom. The van der Waals surface area contributed by atoms with E-state index in [1.165, 1.54) is 0 Å². The van der Waals surface area contributed by atoms with Gasteiger partial charge in [-0.2, -0.15) is 0 Å². The highest BCUT2D eigenvalue weighted by molar-refractivity contribution is 5.71. The van der Waals surface area contributed by atoms with Crippen molar-refractivity contribution in [2.75, 3.05) is 0 Å². The molecule has 0 amide bonds. The number of rotatable bonds is 0. The molecule has 0 fully saturated rings. The summed E-state index contributed by atoms with van der Waals surface area (Å²) in [5, 5.41) is 33.3. The highest BCUT2D eigenvalue weighted by atomic mass is 16.9. The summed E-state index contributed by atoms with van der Waals surface area (Å²) in [5.74, 6) is -0.333. The van der Waals surface area contributed by atoms with Gasteiger partial charge < -0.3 is 21.9 Å². The lowest BCUT2D eigenvalue weighted by atomic mass is 11.1. The van der Waals surface area contributed by atoms with Gasteiger partial charge in [0, 0.05) is 0 Å². The fourth-order valence-electron chi connectivity index (χ4n) is 0. The van der Waals surface area contributed by atoms with Crippen LogP contribution in [0.5, 0.6) is 0 Å². The van der Waals surface area contributed by atoms with Gasteiger partial charge in [0.15, 0.2) is 5.96 Å². The summed E-state index contributed by atoms with van der Waals surface area (Å²) in [7, 11) is 0. The van der Waals surface area contributed by atoms with E-state index >= 15 is 0 Å². The first-order valence-electron chi connectivity index (χ1n) is 1.96. The second kappa shape index (κ2) is 11.5. The van der Waals surface area contributed by atoms with Gasteiger partial charge >= 0.3 is 0 Å². The van der Waals surface area contributed by atoms with Crippen molar-refractivity contribution in [3.05, 3.63) is 20.2 Å². The van der Waals surface area contributed by atoms with Gasteiger partial charge in [0.05, 0.1) is 0 Å². The Hall–Kier alpha value is -2.33. The van der Waals surface area contributed by atoms with Crippen molar-refractivity contribution >= 4 is 5.96 Å². The zero-order chi connectivity index (χ0) is 10.7. The summed E-state index contributed by atoms with van der Waals surface area (Å²) in [6, 6.07) is 0. The van der Waals surface area contributed by atoms with Gasteiger partial charge in [0.25, 0.3) is 10.2 Å². The first-order valence-corrected chi connectivity index (χ1v) is 1.96. The summed E-state index contributed by atoms with van der Waals surface area (Å²) in [4.78, 5) is 16.7. The SMILES string of the molecule is N=C(N)N.O=[N+]([O-])O.O=[N+]([O-])O. The molecule has 0 saturated heterocycles. The van der Waals surface area contributed by atoms with Crippen molar-refractivity contribution in [2.24, 2.45) is 11.5 Å². The van der Waals surface area contributed by atoms with Crippen LogP contribution in [-0.4, -0.2) is 26.5 Å². The smallest absolute Gasteiger partial charge is 0.291 e. The van der Waals surface area contributed by atoms with Crippen LogP contribution in [0.15, 0.2) is 0 Å². The van der Waals surface area contributed by atoms with Crippen molar-refractivity contribution < 1.29 is 20.6 Å². The van der Waals surface area contributed by atoms with Crippen LogP contribution >= 0.6 is 0 Å². The molecule has 0 bridgehead atoms. The molecule has 72 valence electrons. The minimum Gasteiger partial charge on any atom is -0.370 e. The molecule has 0 aliphatic carbocycles. The lowest BCUT2D eigenvalue weighted by molar-refractivity contribution is -0.742. The topological polar surface area (TPSA) is 203 Å². The molecule has 0 rings (SSSR count). The normalized spacial score (nSPS) is 6.00. The predicted molar refractivity (Wildman–Crippen MR) is 33.7 cm³/mol. The standard InChI is InChI=1S/CH5N3.2HNO3/c3*2-1(3)4/h(H5,2,3,4);2*(H,2,3,4). The number of hydrogen-bond acceptors (Lipinski definition) is 5. The van der Waals surface area contributed by atoms with Crippen LogP contribution in [0.4, 0.5) is 0 Å². The van der Waals surface area contributed by atoms with Crippen LogP contribution in [0.3, 0.4) is 0 Å². The molecule has 0 atom stereocenters. The van der Waals surface area contributed by atoms with Crippen molar-refractivity contribution in [2.45, 2.75) is 0 Å². The number of nitrogens with two attached hydrogens (primary N) is 2. The van der Waals surface area contributed by atoms with Gasteiger partial charge in [-0.3, -0.25) is 5.41 Å². The Morgan fingerprint density at radius 2 is 1.17 bits per heavy atom. The van der Waals surface area contributed by atoms with Crippen molar-refractivity contribution in [3.63, 3.8) is 0 Å². The highest BCUT2D eigenvalue weighted by Crippen LogP contribution is 1.38. The average molecular weight is 185 g/mol. The molecule has 11 heteroatoms. The molecular formula is CH7N5O6. The Labute approximate surface area is 64.9 Å². The first kappa shape index (κ1) is 16.3. The van der Waals surface area contributed by atoms with E-state index in [1.807, 2.05) is 0 Å². The van der Waals surface area contributed by atoms with E-state index < -0.39 is 10.2 Å². The molecule has 0 spiro atoms. The van der Waals surface area contributed by atoms with Gasteiger partial charge in [0.1, 0.15) is 0 Å². The largest absolute Gasteiger partial charge is 0.370 e. The Balaban J connectivity index is -0.000000101. The zero-order valence-electron chi connectivity index (χ0n) is 5.58. The highest BCUT2D eigenvalue weighted by Gasteiger charge is 1.65. The van der Waals surface area contributed by atoms with E-state index in [4.69, 9.17) is 36.1 Å². The Kier molecular flexibility index (Phi) is 15.6. The van der Waals surface area contributed by atoms with Crippen LogP contribution in [0.2, 0.25) is 0 Å². The van der Waals surface area contributed by atoms with Gasteiger partial charge in [-0.1, -0.05) is 0 Å². The molecule has 0 saturated carbocycles. The van der Waals surface area contributed by atoms with E-state index in [0.717, 1.165) is 0 Å². The average Bonchev–Trinajstić information content (AvgIpc) is 1.54. The van der Waals surface area contributed by atoms with E-state index in [1.54, 1.807) is 0 Å². The fourth-order valence-corrected chi connectivity index (χ4v) is 0. The van der Waals surface area contributed by atoms with Crippen LogP contribution in [0.1, 0.15) is 0 Å². The van der Waals surface area contributed by atoms with Crippen molar-refractivity contribution in [1.29, 1.82) is 5.41 Å². The van der Waals surface area contributed by atoms with Crippen molar-refractivity contribution in [1.82, 2.24) is 0 Å². The van der Waals surface area contributed by atoms with Crippen LogP contribution < -0.4 is 11.5 Å². The Morgan fingerprint density at radius 3 is 1.17 bits per heavy atom. The molecule has 0 aliphatic heterocycles. The molecule has 0 unspecified atom stereocenters. The van der Waals surface area contributed by atoms with Crippen LogP contribution in [0, 0.1) is 25.6 Å². The zero-order valence-corrected chi connectivity index (χ0v) is 5.58. The number of nitrogens with one attached hydrogen (secondary N) is 1. The van der Waals surface area contributed by atoms with Gasteiger partial charge in [0.2, 0.25) is 0 Å². The molecule has 0 radical (unpaired) electrons. The maximum absolute atomic E-state index is 8.36. The molecule has 0 aliphatic rings. The molecule has 11 nitrogen and oxygen atoms in total. The maximum Gasteiger partial charge on any atom is 0.291 e. The third-order valence-electron chi connectivity index (χ3n) is 0. The molecule has 0 heterocycles. The molecule has 0 aromatic heterocycles. The van der Waals surface area contributed by atoms with Crippen LogP contribution in [-0.2, 0) is 0 Å². The Bertz CT molecular complexity index is 113. The lowest BCUT2D eigenvalue weighted by Crippen LogP contribution is -2.20. The van der Waals surface area contributed by atoms with Gasteiger partial charge in [-0.15, -0.1) is 20.2 Å². The van der Waals surface area contributed by atoms with E-state index in [0.29, 0.717) is 0 Å². The predicted octanol–water partition coefficient (Wildman–Crippen LogP) is -1.86. The number of nitrogens with zero attached hydrogens (tertiary/aromatic N) is 2. The molecular weight excluding hydrogens is 178 g/mol. The van der Waals surface area contributed by atoms with E-state index in [9.17, 15) is 0 Å². The quantitative estimate of drug-likeness (QED) is 0.125. The first-order chi connectivity index (χ1) is 5.20. The summed E-state index contributed by atoms with van der Waals surface area (Å²) < 4.78 is 0. The molecule has 0 aromatic rings. The third kappa shape index (κ3) is 62.9. The monoisotopic (exact) mass is 185 g/mol. The number of hydrogen-bond donors (Lipinski definition) is 5. The minimum atomic E-state index is -1.50. The molecule has 0 aromatic carbocycles. The van der Waals surface area contributed by atoms with Gasteiger partial charge in [-0.05, 0) is 0 Å². The fraction of sp³-hybridized carbons (Fsp3) is 0. The van der Waals surface area contributed by atoms with E-state index in [-0.39, 0.29) is 5.96 Å². The molecule has 12 heavy (non-hydrogen) atoms. The summed E-state index contributed by atoms with van der Waals surface area (Å²) >= 11 is 0. The summed E-state index contributed by atoms with van der Waals surface area (Å²) in [6.45, 7) is 0. The van der Waals surface area contributed by atoms with E-state index in [2.05, 4.69) is 11.5 Å². The summed E-state index contributed by atoms with van der Waals surface area (Å²) in [6.07, 6.45) is 0. The minimum absolute atomic E-state index is 0.333. The molecule has 7 N–H and O–H groups in total. The number of guanidine groups is 1. The van der Waals surface area contributed by atoms with Crippen molar-refractivity contribution in [3.8, 4) is 0 Å². The second-order valence-corrected chi connectivity index (χ2v) is 0.931.